The zero-order chi connectivity index (χ0) is 13.3. The highest BCUT2D eigenvalue weighted by atomic mass is 19.1. The molecule has 0 bridgehead atoms. The molecule has 1 aromatic rings. The summed E-state index contributed by atoms with van der Waals surface area (Å²) in [5.41, 5.74) is 6.13. The van der Waals surface area contributed by atoms with Crippen LogP contribution in [-0.4, -0.2) is 16.7 Å². The molecule has 1 aliphatic heterocycles. The number of rotatable bonds is 2. The number of hydrogen-bond acceptors (Lipinski definition) is 3. The van der Waals surface area contributed by atoms with Gasteiger partial charge in [0, 0.05) is 24.1 Å². The molecule has 1 fully saturated rings. The molecule has 0 aliphatic carbocycles. The zero-order valence-electron chi connectivity index (χ0n) is 10.1. The summed E-state index contributed by atoms with van der Waals surface area (Å²) in [6.45, 7) is 1.77. The number of carbonyl (C=O) groups excluding carboxylic acids is 2. The van der Waals surface area contributed by atoms with Gasteiger partial charge in [0.05, 0.1) is 6.54 Å². The summed E-state index contributed by atoms with van der Waals surface area (Å²) in [6, 6.07) is 4.32. The Morgan fingerprint density at radius 1 is 1.33 bits per heavy atom. The quantitative estimate of drug-likeness (QED) is 0.641. The van der Waals surface area contributed by atoms with Crippen molar-refractivity contribution in [3.8, 4) is 0 Å². The van der Waals surface area contributed by atoms with Gasteiger partial charge in [-0.05, 0) is 18.1 Å². The monoisotopic (exact) mass is 250 g/mol. The maximum atomic E-state index is 13.6. The third-order valence-electron chi connectivity index (χ3n) is 3.12. The van der Waals surface area contributed by atoms with Crippen LogP contribution in [0.5, 0.6) is 0 Å². The minimum absolute atomic E-state index is 0.0548. The second kappa shape index (κ2) is 4.76. The highest BCUT2D eigenvalue weighted by Crippen LogP contribution is 2.24. The fourth-order valence-electron chi connectivity index (χ4n) is 2.10. The Kier molecular flexibility index (Phi) is 3.32. The SMILES string of the molecule is CC1CC(=O)N(Cc2c(N)cccc2F)C(=O)C1. The normalized spacial score (nSPS) is 17.3. The van der Waals surface area contributed by atoms with Crippen molar-refractivity contribution in [2.24, 2.45) is 5.92 Å². The van der Waals surface area contributed by atoms with Gasteiger partial charge in [0.1, 0.15) is 5.82 Å². The maximum absolute atomic E-state index is 13.6. The molecule has 0 spiro atoms. The van der Waals surface area contributed by atoms with Crippen molar-refractivity contribution >= 4 is 17.5 Å². The number of nitrogens with two attached hydrogens (primary N) is 1. The van der Waals surface area contributed by atoms with Crippen LogP contribution in [0, 0.1) is 11.7 Å². The van der Waals surface area contributed by atoms with Crippen molar-refractivity contribution in [3.05, 3.63) is 29.6 Å². The minimum atomic E-state index is -0.491. The van der Waals surface area contributed by atoms with Crippen LogP contribution in [0.2, 0.25) is 0 Å². The van der Waals surface area contributed by atoms with Crippen molar-refractivity contribution in [2.45, 2.75) is 26.3 Å². The van der Waals surface area contributed by atoms with Gasteiger partial charge >= 0.3 is 0 Å². The lowest BCUT2D eigenvalue weighted by Gasteiger charge is -2.28. The highest BCUT2D eigenvalue weighted by molar-refractivity contribution is 5.97. The molecule has 2 amide bonds. The lowest BCUT2D eigenvalue weighted by atomic mass is 9.97. The van der Waals surface area contributed by atoms with Crippen molar-refractivity contribution < 1.29 is 14.0 Å². The summed E-state index contributed by atoms with van der Waals surface area (Å²) in [7, 11) is 0. The van der Waals surface area contributed by atoms with E-state index in [0.29, 0.717) is 12.8 Å². The number of nitrogens with zero attached hydrogens (tertiary/aromatic N) is 1. The number of amides is 2. The maximum Gasteiger partial charge on any atom is 0.229 e. The summed E-state index contributed by atoms with van der Waals surface area (Å²) in [5, 5.41) is 0. The van der Waals surface area contributed by atoms with E-state index in [-0.39, 0.29) is 35.5 Å². The van der Waals surface area contributed by atoms with Crippen LogP contribution < -0.4 is 5.73 Å². The lowest BCUT2D eigenvalue weighted by Crippen LogP contribution is -2.42. The largest absolute Gasteiger partial charge is 0.398 e. The molecule has 5 heteroatoms. The molecule has 0 aromatic heterocycles. The van der Waals surface area contributed by atoms with Gasteiger partial charge in [0.2, 0.25) is 11.8 Å². The van der Waals surface area contributed by atoms with Gasteiger partial charge in [-0.1, -0.05) is 13.0 Å². The number of piperidine rings is 1. The first kappa shape index (κ1) is 12.5. The molecule has 4 nitrogen and oxygen atoms in total. The molecule has 0 atom stereocenters. The number of anilines is 1. The molecule has 0 unspecified atom stereocenters. The Hall–Kier alpha value is -1.91. The summed E-state index contributed by atoms with van der Waals surface area (Å²) >= 11 is 0. The molecular weight excluding hydrogens is 235 g/mol. The number of likely N-dealkylation sites (tertiary alicyclic amines) is 1. The van der Waals surface area contributed by atoms with Crippen molar-refractivity contribution in [1.29, 1.82) is 0 Å². The third-order valence-corrected chi connectivity index (χ3v) is 3.12. The molecule has 1 saturated heterocycles. The summed E-state index contributed by atoms with van der Waals surface area (Å²) in [6.07, 6.45) is 0.639. The summed E-state index contributed by atoms with van der Waals surface area (Å²) < 4.78 is 13.6. The number of halogens is 1. The smallest absolute Gasteiger partial charge is 0.229 e. The number of carbonyl (C=O) groups is 2. The van der Waals surface area contributed by atoms with E-state index in [2.05, 4.69) is 0 Å². The van der Waals surface area contributed by atoms with Crippen LogP contribution in [-0.2, 0) is 16.1 Å². The first-order valence-corrected chi connectivity index (χ1v) is 5.85. The van der Waals surface area contributed by atoms with Crippen molar-refractivity contribution in [3.63, 3.8) is 0 Å². The first-order valence-electron chi connectivity index (χ1n) is 5.85. The lowest BCUT2D eigenvalue weighted by molar-refractivity contribution is -0.150. The van der Waals surface area contributed by atoms with Crippen LogP contribution in [0.4, 0.5) is 10.1 Å². The minimum Gasteiger partial charge on any atom is -0.398 e. The molecule has 96 valence electrons. The standard InChI is InChI=1S/C13H15FN2O2/c1-8-5-12(17)16(13(18)6-8)7-9-10(14)3-2-4-11(9)15/h2-4,8H,5-7,15H2,1H3. The molecule has 1 aromatic carbocycles. The Morgan fingerprint density at radius 3 is 2.50 bits per heavy atom. The van der Waals surface area contributed by atoms with Gasteiger partial charge in [-0.2, -0.15) is 0 Å². The Bertz CT molecular complexity index is 464. The van der Waals surface area contributed by atoms with Crippen molar-refractivity contribution in [2.75, 3.05) is 5.73 Å². The van der Waals surface area contributed by atoms with Crippen LogP contribution >= 0.6 is 0 Å². The fraction of sp³-hybridized carbons (Fsp3) is 0.385. The average molecular weight is 250 g/mol. The topological polar surface area (TPSA) is 63.4 Å². The second-order valence-corrected chi connectivity index (χ2v) is 4.69. The molecule has 0 radical (unpaired) electrons. The average Bonchev–Trinajstić information content (AvgIpc) is 2.26. The van der Waals surface area contributed by atoms with E-state index in [1.54, 1.807) is 6.07 Å². The molecular formula is C13H15FN2O2. The predicted octanol–water partition coefficient (Wildman–Crippen LogP) is 1.69. The van der Waals surface area contributed by atoms with Crippen LogP contribution in [0.3, 0.4) is 0 Å². The van der Waals surface area contributed by atoms with Crippen LogP contribution in [0.1, 0.15) is 25.3 Å². The third kappa shape index (κ3) is 2.34. The molecule has 1 aliphatic rings. The van der Waals surface area contributed by atoms with Gasteiger partial charge < -0.3 is 5.73 Å². The number of hydrogen-bond donors (Lipinski definition) is 1. The Morgan fingerprint density at radius 2 is 1.94 bits per heavy atom. The van der Waals surface area contributed by atoms with E-state index in [0.717, 1.165) is 4.90 Å². The van der Waals surface area contributed by atoms with E-state index < -0.39 is 5.82 Å². The molecule has 1 heterocycles. The summed E-state index contributed by atoms with van der Waals surface area (Å²) in [5.74, 6) is -0.962. The molecule has 2 rings (SSSR count). The molecule has 2 N–H and O–H groups in total. The number of imide groups is 1. The number of nitrogen functional groups attached to an aromatic ring is 1. The Labute approximate surface area is 105 Å². The van der Waals surface area contributed by atoms with E-state index in [4.69, 9.17) is 5.73 Å². The van der Waals surface area contributed by atoms with Gasteiger partial charge in [-0.3, -0.25) is 14.5 Å². The van der Waals surface area contributed by atoms with Crippen molar-refractivity contribution in [1.82, 2.24) is 4.90 Å². The van der Waals surface area contributed by atoms with Gasteiger partial charge in [-0.25, -0.2) is 4.39 Å². The predicted molar refractivity (Wildman–Crippen MR) is 64.8 cm³/mol. The first-order chi connectivity index (χ1) is 8.49. The van der Waals surface area contributed by atoms with E-state index in [9.17, 15) is 14.0 Å². The highest BCUT2D eigenvalue weighted by Gasteiger charge is 2.31. The zero-order valence-corrected chi connectivity index (χ0v) is 10.1. The van der Waals surface area contributed by atoms with E-state index in [1.165, 1.54) is 12.1 Å². The second-order valence-electron chi connectivity index (χ2n) is 4.69. The van der Waals surface area contributed by atoms with Crippen LogP contribution in [0.25, 0.3) is 0 Å². The molecule has 18 heavy (non-hydrogen) atoms. The number of benzene rings is 1. The fourth-order valence-corrected chi connectivity index (χ4v) is 2.10. The van der Waals surface area contributed by atoms with Gasteiger partial charge in [0.25, 0.3) is 0 Å². The van der Waals surface area contributed by atoms with Gasteiger partial charge in [-0.15, -0.1) is 0 Å². The summed E-state index contributed by atoms with van der Waals surface area (Å²) in [4.78, 5) is 24.7. The van der Waals surface area contributed by atoms with E-state index in [1.807, 2.05) is 6.92 Å². The van der Waals surface area contributed by atoms with Gasteiger partial charge in [0.15, 0.2) is 0 Å². The molecule has 0 saturated carbocycles. The van der Waals surface area contributed by atoms with Crippen LogP contribution in [0.15, 0.2) is 18.2 Å². The Balaban J connectivity index is 2.23. The van der Waals surface area contributed by atoms with E-state index >= 15 is 0 Å².